The quantitative estimate of drug-likeness (QED) is 0.886. The maximum absolute atomic E-state index is 11.3. The van der Waals surface area contributed by atoms with Gasteiger partial charge in [-0.15, -0.1) is 0 Å². The van der Waals surface area contributed by atoms with Crippen molar-refractivity contribution in [2.24, 2.45) is 7.05 Å². The van der Waals surface area contributed by atoms with E-state index in [0.717, 1.165) is 17.7 Å². The number of nitrogens with one attached hydrogen (secondary N) is 1. The zero-order chi connectivity index (χ0) is 13.8. The van der Waals surface area contributed by atoms with E-state index in [-0.39, 0.29) is 17.4 Å². The molecule has 0 spiro atoms. The summed E-state index contributed by atoms with van der Waals surface area (Å²) >= 11 is 0. The van der Waals surface area contributed by atoms with E-state index in [0.29, 0.717) is 0 Å². The van der Waals surface area contributed by atoms with Gasteiger partial charge in [-0.3, -0.25) is 4.79 Å². The van der Waals surface area contributed by atoms with Gasteiger partial charge in [0.05, 0.1) is 11.7 Å². The van der Waals surface area contributed by atoms with E-state index in [9.17, 15) is 9.90 Å². The molecule has 2 rings (SSSR count). The molecule has 0 radical (unpaired) electrons. The number of hydrogen-bond donors (Lipinski definition) is 2. The molecule has 0 aliphatic carbocycles. The van der Waals surface area contributed by atoms with Crippen LogP contribution in [-0.4, -0.2) is 9.67 Å². The van der Waals surface area contributed by atoms with Crippen LogP contribution in [0, 0.1) is 0 Å². The van der Waals surface area contributed by atoms with Crippen molar-refractivity contribution in [2.45, 2.75) is 19.4 Å². The Hall–Kier alpha value is -2.23. The van der Waals surface area contributed by atoms with Crippen molar-refractivity contribution in [2.75, 3.05) is 5.32 Å². The molecule has 1 aromatic carbocycles. The first-order chi connectivity index (χ1) is 9.10. The predicted molar refractivity (Wildman–Crippen MR) is 76.4 cm³/mol. The monoisotopic (exact) mass is 258 g/mol. The first kappa shape index (κ1) is 13.2. The van der Waals surface area contributed by atoms with E-state index in [4.69, 9.17) is 0 Å². The fourth-order valence-corrected chi connectivity index (χ4v) is 2.01. The van der Waals surface area contributed by atoms with Gasteiger partial charge in [-0.1, -0.05) is 19.1 Å². The summed E-state index contributed by atoms with van der Waals surface area (Å²) < 4.78 is 1.55. The molecule has 100 valence electrons. The Kier molecular flexibility index (Phi) is 3.90. The molecule has 4 nitrogen and oxygen atoms in total. The SMILES string of the molecule is CCC(Nc1ccc(=O)n(C)c1)c1ccc(O)cc1. The van der Waals surface area contributed by atoms with E-state index in [1.54, 1.807) is 42.1 Å². The summed E-state index contributed by atoms with van der Waals surface area (Å²) in [6.45, 7) is 2.09. The number of phenolic OH excluding ortho intramolecular Hbond substituents is 1. The van der Waals surface area contributed by atoms with E-state index < -0.39 is 0 Å². The van der Waals surface area contributed by atoms with Crippen molar-refractivity contribution >= 4 is 5.69 Å². The minimum atomic E-state index is -0.0248. The molecule has 0 fully saturated rings. The Labute approximate surface area is 112 Å². The summed E-state index contributed by atoms with van der Waals surface area (Å²) in [5.74, 6) is 0.265. The van der Waals surface area contributed by atoms with Crippen molar-refractivity contribution in [3.63, 3.8) is 0 Å². The maximum Gasteiger partial charge on any atom is 0.250 e. The number of hydrogen-bond acceptors (Lipinski definition) is 3. The standard InChI is InChI=1S/C15H18N2O2/c1-3-14(11-4-7-13(18)8-5-11)16-12-6-9-15(19)17(2)10-12/h4-10,14,16,18H,3H2,1-2H3. The average Bonchev–Trinajstić information content (AvgIpc) is 2.41. The normalized spacial score (nSPS) is 12.1. The number of phenols is 1. The molecule has 1 heterocycles. The molecule has 2 N–H and O–H groups in total. The summed E-state index contributed by atoms with van der Waals surface area (Å²) in [5, 5.41) is 12.7. The molecule has 0 bridgehead atoms. The lowest BCUT2D eigenvalue weighted by atomic mass is 10.0. The van der Waals surface area contributed by atoms with E-state index >= 15 is 0 Å². The van der Waals surface area contributed by atoms with Gasteiger partial charge in [0.25, 0.3) is 0 Å². The highest BCUT2D eigenvalue weighted by molar-refractivity contribution is 5.43. The number of aromatic nitrogens is 1. The Bertz CT molecular complexity index is 602. The van der Waals surface area contributed by atoms with E-state index in [1.165, 1.54) is 0 Å². The number of pyridine rings is 1. The third kappa shape index (κ3) is 3.16. The van der Waals surface area contributed by atoms with E-state index in [2.05, 4.69) is 12.2 Å². The van der Waals surface area contributed by atoms with Crippen LogP contribution in [0.4, 0.5) is 5.69 Å². The number of anilines is 1. The molecule has 19 heavy (non-hydrogen) atoms. The maximum atomic E-state index is 11.3. The third-order valence-electron chi connectivity index (χ3n) is 3.13. The van der Waals surface area contributed by atoms with Crippen LogP contribution in [0.5, 0.6) is 5.75 Å². The van der Waals surface area contributed by atoms with Crippen LogP contribution >= 0.6 is 0 Å². The molecule has 0 saturated carbocycles. The van der Waals surface area contributed by atoms with Crippen molar-refractivity contribution in [1.29, 1.82) is 0 Å². The first-order valence-electron chi connectivity index (χ1n) is 6.32. The lowest BCUT2D eigenvalue weighted by Crippen LogP contribution is -2.17. The molecular weight excluding hydrogens is 240 g/mol. The summed E-state index contributed by atoms with van der Waals surface area (Å²) in [4.78, 5) is 11.3. The molecule has 4 heteroatoms. The van der Waals surface area contributed by atoms with Crippen LogP contribution < -0.4 is 10.9 Å². The average molecular weight is 258 g/mol. The lowest BCUT2D eigenvalue weighted by molar-refractivity contribution is 0.475. The van der Waals surface area contributed by atoms with Gasteiger partial charge in [0.15, 0.2) is 0 Å². The van der Waals surface area contributed by atoms with Crippen LogP contribution in [0.2, 0.25) is 0 Å². The molecule has 0 aliphatic heterocycles. The second-order valence-corrected chi connectivity index (χ2v) is 4.56. The number of rotatable bonds is 4. The summed E-state index contributed by atoms with van der Waals surface area (Å²) in [7, 11) is 1.73. The van der Waals surface area contributed by atoms with Crippen LogP contribution in [0.15, 0.2) is 47.4 Å². The molecule has 0 saturated heterocycles. The van der Waals surface area contributed by atoms with Gasteiger partial charge in [-0.2, -0.15) is 0 Å². The second-order valence-electron chi connectivity index (χ2n) is 4.56. The minimum absolute atomic E-state index is 0.0248. The zero-order valence-corrected chi connectivity index (χ0v) is 11.1. The molecule has 1 aromatic heterocycles. The highest BCUT2D eigenvalue weighted by Gasteiger charge is 2.09. The fourth-order valence-electron chi connectivity index (χ4n) is 2.01. The highest BCUT2D eigenvalue weighted by Crippen LogP contribution is 2.23. The summed E-state index contributed by atoms with van der Waals surface area (Å²) in [5.41, 5.74) is 1.99. The van der Waals surface area contributed by atoms with Gasteiger partial charge in [0, 0.05) is 19.3 Å². The van der Waals surface area contributed by atoms with Crippen molar-refractivity contribution in [1.82, 2.24) is 4.57 Å². The second kappa shape index (κ2) is 5.61. The number of aryl methyl sites for hydroxylation is 1. The molecular formula is C15H18N2O2. The number of benzene rings is 1. The minimum Gasteiger partial charge on any atom is -0.508 e. The molecule has 2 aromatic rings. The van der Waals surface area contributed by atoms with Gasteiger partial charge in [0.2, 0.25) is 5.56 Å². The predicted octanol–water partition coefficient (Wildman–Crippen LogP) is 2.65. The van der Waals surface area contributed by atoms with Crippen LogP contribution in [0.25, 0.3) is 0 Å². The Balaban J connectivity index is 2.21. The summed E-state index contributed by atoms with van der Waals surface area (Å²) in [6, 6.07) is 10.6. The van der Waals surface area contributed by atoms with E-state index in [1.807, 2.05) is 12.1 Å². The number of nitrogens with zero attached hydrogens (tertiary/aromatic N) is 1. The van der Waals surface area contributed by atoms with Gasteiger partial charge in [0.1, 0.15) is 5.75 Å². The Morgan fingerprint density at radius 2 is 1.89 bits per heavy atom. The van der Waals surface area contributed by atoms with Gasteiger partial charge in [-0.05, 0) is 30.2 Å². The van der Waals surface area contributed by atoms with Crippen molar-refractivity contribution < 1.29 is 5.11 Å². The fraction of sp³-hybridized carbons (Fsp3) is 0.267. The van der Waals surface area contributed by atoms with Crippen molar-refractivity contribution in [3.05, 3.63) is 58.5 Å². The van der Waals surface area contributed by atoms with Gasteiger partial charge < -0.3 is 15.0 Å². The smallest absolute Gasteiger partial charge is 0.250 e. The largest absolute Gasteiger partial charge is 0.508 e. The molecule has 1 unspecified atom stereocenters. The third-order valence-corrected chi connectivity index (χ3v) is 3.13. The van der Waals surface area contributed by atoms with Crippen LogP contribution in [0.1, 0.15) is 24.9 Å². The topological polar surface area (TPSA) is 54.3 Å². The van der Waals surface area contributed by atoms with Crippen molar-refractivity contribution in [3.8, 4) is 5.75 Å². The van der Waals surface area contributed by atoms with Gasteiger partial charge >= 0.3 is 0 Å². The summed E-state index contributed by atoms with van der Waals surface area (Å²) in [6.07, 6.45) is 2.69. The van der Waals surface area contributed by atoms with Crippen LogP contribution in [-0.2, 0) is 7.05 Å². The zero-order valence-electron chi connectivity index (χ0n) is 11.1. The first-order valence-corrected chi connectivity index (χ1v) is 6.32. The molecule has 0 aliphatic rings. The Morgan fingerprint density at radius 1 is 1.21 bits per heavy atom. The van der Waals surface area contributed by atoms with Gasteiger partial charge in [-0.25, -0.2) is 0 Å². The molecule has 0 amide bonds. The number of aromatic hydroxyl groups is 1. The molecule has 1 atom stereocenters. The highest BCUT2D eigenvalue weighted by atomic mass is 16.3. The lowest BCUT2D eigenvalue weighted by Gasteiger charge is -2.19. The Morgan fingerprint density at radius 3 is 2.47 bits per heavy atom. The van der Waals surface area contributed by atoms with Crippen LogP contribution in [0.3, 0.4) is 0 Å².